The van der Waals surface area contributed by atoms with E-state index < -0.39 is 0 Å². The molecule has 0 amide bonds. The fraction of sp³-hybridized carbons (Fsp3) is 0.348. The number of nitrogens with zero attached hydrogens (tertiary/aromatic N) is 3. The molecule has 2 aliphatic rings. The van der Waals surface area contributed by atoms with Gasteiger partial charge in [0.05, 0.1) is 16.4 Å². The monoisotopic (exact) mass is 377 g/mol. The molecule has 1 aromatic heterocycles. The summed E-state index contributed by atoms with van der Waals surface area (Å²) >= 11 is 6.42. The second kappa shape index (κ2) is 6.50. The molecule has 0 spiro atoms. The van der Waals surface area contributed by atoms with Crippen LogP contribution in [-0.4, -0.2) is 20.7 Å². The summed E-state index contributed by atoms with van der Waals surface area (Å²) in [6.45, 7) is 6.58. The first-order valence-electron chi connectivity index (χ1n) is 9.75. The Morgan fingerprint density at radius 1 is 1.00 bits per heavy atom. The first-order valence-corrected chi connectivity index (χ1v) is 10.1. The van der Waals surface area contributed by atoms with E-state index in [4.69, 9.17) is 16.7 Å². The van der Waals surface area contributed by atoms with Crippen molar-refractivity contribution in [3.63, 3.8) is 0 Å². The highest BCUT2D eigenvalue weighted by molar-refractivity contribution is 6.32. The predicted molar refractivity (Wildman–Crippen MR) is 110 cm³/mol. The molecular formula is C23H24ClN3. The summed E-state index contributed by atoms with van der Waals surface area (Å²) in [5, 5.41) is 5.66. The Kier molecular flexibility index (Phi) is 4.10. The minimum atomic E-state index is 0.590. The van der Waals surface area contributed by atoms with Crippen LogP contribution in [0.3, 0.4) is 0 Å². The van der Waals surface area contributed by atoms with Crippen molar-refractivity contribution in [1.82, 2.24) is 14.7 Å². The highest BCUT2D eigenvalue weighted by atomic mass is 35.5. The lowest BCUT2D eigenvalue weighted by molar-refractivity contribution is 0.181. The summed E-state index contributed by atoms with van der Waals surface area (Å²) in [5.41, 5.74) is 9.34. The highest BCUT2D eigenvalue weighted by Crippen LogP contribution is 2.34. The van der Waals surface area contributed by atoms with Gasteiger partial charge in [-0.1, -0.05) is 41.9 Å². The van der Waals surface area contributed by atoms with Crippen LogP contribution in [0.4, 0.5) is 0 Å². The van der Waals surface area contributed by atoms with E-state index in [0.717, 1.165) is 36.6 Å². The molecule has 3 aromatic rings. The van der Waals surface area contributed by atoms with Gasteiger partial charge >= 0.3 is 0 Å². The number of hydrogen-bond donors (Lipinski definition) is 0. The number of hydrogen-bond acceptors (Lipinski definition) is 2. The highest BCUT2D eigenvalue weighted by Gasteiger charge is 2.32. The first kappa shape index (κ1) is 17.0. The molecule has 5 rings (SSSR count). The van der Waals surface area contributed by atoms with E-state index in [1.807, 2.05) is 28.9 Å². The van der Waals surface area contributed by atoms with Gasteiger partial charge in [-0.05, 0) is 67.5 Å². The van der Waals surface area contributed by atoms with Crippen LogP contribution in [0.5, 0.6) is 0 Å². The molecule has 0 saturated heterocycles. The summed E-state index contributed by atoms with van der Waals surface area (Å²) in [7, 11) is 0. The van der Waals surface area contributed by atoms with Gasteiger partial charge in [-0.25, -0.2) is 4.68 Å². The van der Waals surface area contributed by atoms with Crippen molar-refractivity contribution < 1.29 is 0 Å². The van der Waals surface area contributed by atoms with Gasteiger partial charge in [0.15, 0.2) is 0 Å². The Morgan fingerprint density at radius 3 is 2.67 bits per heavy atom. The second-order valence-corrected chi connectivity index (χ2v) is 8.30. The quantitative estimate of drug-likeness (QED) is 0.625. The molecule has 0 saturated carbocycles. The topological polar surface area (TPSA) is 21.1 Å². The number of aryl methyl sites for hydroxylation is 2. The van der Waals surface area contributed by atoms with E-state index in [1.165, 1.54) is 40.1 Å². The number of aromatic nitrogens is 2. The van der Waals surface area contributed by atoms with Crippen LogP contribution >= 0.6 is 11.6 Å². The van der Waals surface area contributed by atoms with Gasteiger partial charge in [-0.2, -0.15) is 5.10 Å². The van der Waals surface area contributed by atoms with Crippen LogP contribution in [0.2, 0.25) is 5.02 Å². The number of para-hydroxylation sites is 1. The average molecular weight is 378 g/mol. The van der Waals surface area contributed by atoms with Crippen molar-refractivity contribution in [2.45, 2.75) is 52.2 Å². The Labute approximate surface area is 165 Å². The Bertz CT molecular complexity index is 1020. The van der Waals surface area contributed by atoms with Gasteiger partial charge in [-0.3, -0.25) is 4.90 Å². The molecule has 2 heterocycles. The normalized spacial score (nSPS) is 19.1. The summed E-state index contributed by atoms with van der Waals surface area (Å²) < 4.78 is 2.04. The van der Waals surface area contributed by atoms with E-state index in [2.05, 4.69) is 36.9 Å². The molecule has 138 valence electrons. The third-order valence-electron chi connectivity index (χ3n) is 6.32. The maximum absolute atomic E-state index is 6.42. The van der Waals surface area contributed by atoms with Crippen molar-refractivity contribution >= 4 is 11.6 Å². The Balaban J connectivity index is 1.43. The largest absolute Gasteiger partial charge is 0.292 e. The minimum Gasteiger partial charge on any atom is -0.292 e. The third-order valence-corrected chi connectivity index (χ3v) is 6.64. The summed E-state index contributed by atoms with van der Waals surface area (Å²) in [6.07, 6.45) is 3.31. The maximum atomic E-state index is 6.42. The van der Waals surface area contributed by atoms with Crippen LogP contribution in [0.25, 0.3) is 5.69 Å². The van der Waals surface area contributed by atoms with Gasteiger partial charge in [0.1, 0.15) is 0 Å². The SMILES string of the molecule is Cc1cccc2c1CN([C@H]1CCc3nn(-c4ccccc4Cl)c(C)c3C1)C2. The molecular weight excluding hydrogens is 354 g/mol. The lowest BCUT2D eigenvalue weighted by Crippen LogP contribution is -2.35. The zero-order valence-electron chi connectivity index (χ0n) is 15.9. The summed E-state index contributed by atoms with van der Waals surface area (Å²) in [5.74, 6) is 0. The fourth-order valence-electron chi connectivity index (χ4n) is 4.74. The zero-order chi connectivity index (χ0) is 18.5. The summed E-state index contributed by atoms with van der Waals surface area (Å²) in [4.78, 5) is 2.66. The van der Waals surface area contributed by atoms with Gasteiger partial charge < -0.3 is 0 Å². The Hall–Kier alpha value is -2.10. The van der Waals surface area contributed by atoms with Crippen LogP contribution in [0.15, 0.2) is 42.5 Å². The molecule has 0 fully saturated rings. The third kappa shape index (κ3) is 2.81. The van der Waals surface area contributed by atoms with Crippen molar-refractivity contribution in [3.8, 4) is 5.69 Å². The minimum absolute atomic E-state index is 0.590. The zero-order valence-corrected chi connectivity index (χ0v) is 16.6. The number of rotatable bonds is 2. The molecule has 0 unspecified atom stereocenters. The molecule has 0 bridgehead atoms. The van der Waals surface area contributed by atoms with E-state index in [9.17, 15) is 0 Å². The molecule has 4 heteroatoms. The van der Waals surface area contributed by atoms with Gasteiger partial charge in [0, 0.05) is 24.8 Å². The standard InChI is InChI=1S/C23H24ClN3/c1-15-6-5-7-17-13-26(14-20(15)17)18-10-11-22-19(12-18)16(2)27(25-22)23-9-4-3-8-21(23)24/h3-9,18H,10-14H2,1-2H3/t18-/m0/s1. The predicted octanol–water partition coefficient (Wildman–Crippen LogP) is 5.02. The first-order chi connectivity index (χ1) is 13.1. The fourth-order valence-corrected chi connectivity index (χ4v) is 4.96. The Morgan fingerprint density at radius 2 is 1.85 bits per heavy atom. The lowest BCUT2D eigenvalue weighted by atomic mass is 9.91. The average Bonchev–Trinajstić information content (AvgIpc) is 3.25. The van der Waals surface area contributed by atoms with Crippen molar-refractivity contribution in [1.29, 1.82) is 0 Å². The molecule has 1 aliphatic heterocycles. The van der Waals surface area contributed by atoms with E-state index >= 15 is 0 Å². The van der Waals surface area contributed by atoms with Crippen molar-refractivity contribution in [2.24, 2.45) is 0 Å². The van der Waals surface area contributed by atoms with E-state index in [-0.39, 0.29) is 0 Å². The van der Waals surface area contributed by atoms with E-state index in [0.29, 0.717) is 6.04 Å². The number of benzene rings is 2. The van der Waals surface area contributed by atoms with Crippen LogP contribution in [0, 0.1) is 13.8 Å². The van der Waals surface area contributed by atoms with Crippen LogP contribution < -0.4 is 0 Å². The molecule has 27 heavy (non-hydrogen) atoms. The lowest BCUT2D eigenvalue weighted by Gasteiger charge is -2.30. The number of halogens is 1. The second-order valence-electron chi connectivity index (χ2n) is 7.89. The van der Waals surface area contributed by atoms with Gasteiger partial charge in [0.25, 0.3) is 0 Å². The van der Waals surface area contributed by atoms with Gasteiger partial charge in [-0.15, -0.1) is 0 Å². The molecule has 0 N–H and O–H groups in total. The van der Waals surface area contributed by atoms with Crippen LogP contribution in [0.1, 0.15) is 40.1 Å². The number of fused-ring (bicyclic) bond motifs is 2. The molecule has 2 aromatic carbocycles. The van der Waals surface area contributed by atoms with Crippen LogP contribution in [-0.2, 0) is 25.9 Å². The van der Waals surface area contributed by atoms with Crippen molar-refractivity contribution in [2.75, 3.05) is 0 Å². The van der Waals surface area contributed by atoms with E-state index in [1.54, 1.807) is 0 Å². The molecule has 0 radical (unpaired) electrons. The molecule has 1 atom stereocenters. The smallest absolute Gasteiger partial charge is 0.0835 e. The van der Waals surface area contributed by atoms with Gasteiger partial charge in [0.2, 0.25) is 0 Å². The summed E-state index contributed by atoms with van der Waals surface area (Å²) in [6, 6.07) is 15.3. The maximum Gasteiger partial charge on any atom is 0.0835 e. The van der Waals surface area contributed by atoms with Crippen molar-refractivity contribution in [3.05, 3.63) is 81.1 Å². The molecule has 1 aliphatic carbocycles. The molecule has 3 nitrogen and oxygen atoms in total.